The fourth-order valence-electron chi connectivity index (χ4n) is 1.92. The molecule has 122 valence electrons. The minimum atomic E-state index is -0.334. The third-order valence-corrected chi connectivity index (χ3v) is 3.99. The van der Waals surface area contributed by atoms with Gasteiger partial charge in [0.15, 0.2) is 5.13 Å². The standard InChI is InChI=1S/C15H18N4O3S/c1-4-11-13(23-15(16)18-11)14(20)19-17-8-9-5-6-10(21-2)7-12(9)22-3/h5-8H,4H2,1-3H3,(H2,16,18)(H,19,20)/b17-8-. The predicted octanol–water partition coefficient (Wildman–Crippen LogP) is 2.07. The van der Waals surface area contributed by atoms with Gasteiger partial charge in [-0.05, 0) is 18.6 Å². The van der Waals surface area contributed by atoms with Gasteiger partial charge in [0, 0.05) is 11.6 Å². The van der Waals surface area contributed by atoms with Gasteiger partial charge >= 0.3 is 0 Å². The van der Waals surface area contributed by atoms with Crippen LogP contribution in [0.15, 0.2) is 23.3 Å². The fraction of sp³-hybridized carbons (Fsp3) is 0.267. The molecule has 1 amide bonds. The first-order chi connectivity index (χ1) is 11.1. The van der Waals surface area contributed by atoms with Crippen molar-refractivity contribution in [1.82, 2.24) is 10.4 Å². The van der Waals surface area contributed by atoms with Crippen LogP contribution in [0.2, 0.25) is 0 Å². The molecule has 0 atom stereocenters. The quantitative estimate of drug-likeness (QED) is 0.622. The second-order valence-electron chi connectivity index (χ2n) is 4.49. The van der Waals surface area contributed by atoms with Gasteiger partial charge in [-0.15, -0.1) is 0 Å². The normalized spacial score (nSPS) is 10.7. The number of hydrogen-bond donors (Lipinski definition) is 2. The van der Waals surface area contributed by atoms with Gasteiger partial charge in [-0.1, -0.05) is 18.3 Å². The Morgan fingerprint density at radius 3 is 2.87 bits per heavy atom. The van der Waals surface area contributed by atoms with Crippen molar-refractivity contribution in [2.24, 2.45) is 5.10 Å². The van der Waals surface area contributed by atoms with Crippen LogP contribution in [0, 0.1) is 0 Å². The van der Waals surface area contributed by atoms with Gasteiger partial charge in [0.05, 0.1) is 26.1 Å². The number of carbonyl (C=O) groups excluding carboxylic acids is 1. The number of rotatable bonds is 6. The molecule has 0 spiro atoms. The number of thiazole rings is 1. The molecule has 2 aromatic rings. The first-order valence-electron chi connectivity index (χ1n) is 6.89. The smallest absolute Gasteiger partial charge is 0.283 e. The third-order valence-electron chi connectivity index (χ3n) is 3.07. The lowest BCUT2D eigenvalue weighted by atomic mass is 10.2. The molecule has 1 aromatic heterocycles. The Morgan fingerprint density at radius 2 is 2.22 bits per heavy atom. The number of nitrogens with zero attached hydrogens (tertiary/aromatic N) is 2. The number of hydrogen-bond acceptors (Lipinski definition) is 7. The predicted molar refractivity (Wildman–Crippen MR) is 90.5 cm³/mol. The number of aromatic nitrogens is 1. The van der Waals surface area contributed by atoms with Crippen LogP contribution in [0.25, 0.3) is 0 Å². The monoisotopic (exact) mass is 334 g/mol. The third kappa shape index (κ3) is 3.98. The number of nitrogens with two attached hydrogens (primary N) is 1. The number of hydrazone groups is 1. The first-order valence-corrected chi connectivity index (χ1v) is 7.71. The van der Waals surface area contributed by atoms with Crippen LogP contribution in [0.3, 0.4) is 0 Å². The van der Waals surface area contributed by atoms with Gasteiger partial charge in [0.2, 0.25) is 0 Å². The highest BCUT2D eigenvalue weighted by Gasteiger charge is 2.15. The molecule has 0 saturated heterocycles. The Labute approximate surface area is 138 Å². The lowest BCUT2D eigenvalue weighted by Gasteiger charge is -2.06. The van der Waals surface area contributed by atoms with E-state index < -0.39 is 0 Å². The molecule has 0 aliphatic carbocycles. The Hall–Kier alpha value is -2.61. The van der Waals surface area contributed by atoms with Crippen LogP contribution in [0.4, 0.5) is 5.13 Å². The van der Waals surface area contributed by atoms with E-state index >= 15 is 0 Å². The van der Waals surface area contributed by atoms with Crippen molar-refractivity contribution in [3.8, 4) is 11.5 Å². The van der Waals surface area contributed by atoms with E-state index in [-0.39, 0.29) is 5.91 Å². The minimum absolute atomic E-state index is 0.334. The molecular weight excluding hydrogens is 316 g/mol. The second-order valence-corrected chi connectivity index (χ2v) is 5.52. The number of ether oxygens (including phenoxy) is 2. The molecule has 7 nitrogen and oxygen atoms in total. The Morgan fingerprint density at radius 1 is 1.43 bits per heavy atom. The molecule has 3 N–H and O–H groups in total. The maximum Gasteiger partial charge on any atom is 0.283 e. The van der Waals surface area contributed by atoms with E-state index in [9.17, 15) is 4.79 Å². The lowest BCUT2D eigenvalue weighted by molar-refractivity contribution is 0.0958. The number of amides is 1. The summed E-state index contributed by atoms with van der Waals surface area (Å²) in [6.07, 6.45) is 2.14. The number of nitrogens with one attached hydrogen (secondary N) is 1. The average Bonchev–Trinajstić information content (AvgIpc) is 2.96. The molecule has 0 fully saturated rings. The largest absolute Gasteiger partial charge is 0.497 e. The highest BCUT2D eigenvalue weighted by atomic mass is 32.1. The summed E-state index contributed by atoms with van der Waals surface area (Å²) >= 11 is 1.15. The van der Waals surface area contributed by atoms with Gasteiger partial charge < -0.3 is 15.2 Å². The average molecular weight is 334 g/mol. The summed E-state index contributed by atoms with van der Waals surface area (Å²) in [5.74, 6) is 0.939. The molecule has 1 aromatic carbocycles. The first kappa shape index (κ1) is 16.8. The van der Waals surface area contributed by atoms with Crippen molar-refractivity contribution in [1.29, 1.82) is 0 Å². The number of nitrogen functional groups attached to an aromatic ring is 1. The van der Waals surface area contributed by atoms with E-state index in [0.29, 0.717) is 39.2 Å². The van der Waals surface area contributed by atoms with Crippen LogP contribution < -0.4 is 20.6 Å². The molecule has 23 heavy (non-hydrogen) atoms. The highest BCUT2D eigenvalue weighted by molar-refractivity contribution is 7.17. The van der Waals surface area contributed by atoms with E-state index in [0.717, 1.165) is 11.3 Å². The van der Waals surface area contributed by atoms with Crippen molar-refractivity contribution in [2.45, 2.75) is 13.3 Å². The molecule has 0 saturated carbocycles. The molecule has 2 rings (SSSR count). The highest BCUT2D eigenvalue weighted by Crippen LogP contribution is 2.23. The Bertz CT molecular complexity index is 728. The SMILES string of the molecule is CCc1nc(N)sc1C(=O)N/N=C\c1ccc(OC)cc1OC. The summed E-state index contributed by atoms with van der Waals surface area (Å²) in [7, 11) is 3.13. The van der Waals surface area contributed by atoms with Crippen LogP contribution in [-0.4, -0.2) is 31.3 Å². The number of aryl methyl sites for hydroxylation is 1. The summed E-state index contributed by atoms with van der Waals surface area (Å²) < 4.78 is 10.4. The summed E-state index contributed by atoms with van der Waals surface area (Å²) in [5, 5.41) is 4.33. The lowest BCUT2D eigenvalue weighted by Crippen LogP contribution is -2.17. The van der Waals surface area contributed by atoms with Crippen molar-refractivity contribution in [2.75, 3.05) is 20.0 Å². The maximum atomic E-state index is 12.1. The van der Waals surface area contributed by atoms with Crippen molar-refractivity contribution < 1.29 is 14.3 Å². The molecular formula is C15H18N4O3S. The van der Waals surface area contributed by atoms with Gasteiger partial charge in [0.25, 0.3) is 5.91 Å². The van der Waals surface area contributed by atoms with E-state index in [1.807, 2.05) is 6.92 Å². The number of benzene rings is 1. The second kappa shape index (κ2) is 7.59. The summed E-state index contributed by atoms with van der Waals surface area (Å²) in [4.78, 5) is 16.7. The van der Waals surface area contributed by atoms with Crippen LogP contribution in [-0.2, 0) is 6.42 Å². The molecule has 0 aliphatic heterocycles. The zero-order valence-electron chi connectivity index (χ0n) is 13.1. The van der Waals surface area contributed by atoms with Crippen LogP contribution >= 0.6 is 11.3 Å². The zero-order valence-corrected chi connectivity index (χ0v) is 13.9. The van der Waals surface area contributed by atoms with E-state index in [4.69, 9.17) is 15.2 Å². The number of carbonyl (C=O) groups is 1. The summed E-state index contributed by atoms with van der Waals surface area (Å²) in [6, 6.07) is 5.31. The maximum absolute atomic E-state index is 12.1. The van der Waals surface area contributed by atoms with Gasteiger partial charge in [-0.3, -0.25) is 4.79 Å². The number of methoxy groups -OCH3 is 2. The van der Waals surface area contributed by atoms with E-state index in [1.54, 1.807) is 32.4 Å². The van der Waals surface area contributed by atoms with Crippen molar-refractivity contribution in [3.63, 3.8) is 0 Å². The number of anilines is 1. The minimum Gasteiger partial charge on any atom is -0.497 e. The zero-order chi connectivity index (χ0) is 16.8. The van der Waals surface area contributed by atoms with Crippen molar-refractivity contribution >= 4 is 28.6 Å². The van der Waals surface area contributed by atoms with Crippen LogP contribution in [0.1, 0.15) is 27.9 Å². The van der Waals surface area contributed by atoms with Gasteiger partial charge in [-0.2, -0.15) is 5.10 Å². The van der Waals surface area contributed by atoms with Crippen molar-refractivity contribution in [3.05, 3.63) is 34.3 Å². The molecule has 1 heterocycles. The summed E-state index contributed by atoms with van der Waals surface area (Å²) in [5.41, 5.74) is 9.50. The fourth-order valence-corrected chi connectivity index (χ4v) is 2.73. The Balaban J connectivity index is 2.10. The van der Waals surface area contributed by atoms with Gasteiger partial charge in [0.1, 0.15) is 16.4 Å². The molecule has 0 aliphatic rings. The molecule has 8 heteroatoms. The topological polar surface area (TPSA) is 98.8 Å². The van der Waals surface area contributed by atoms with E-state index in [2.05, 4.69) is 15.5 Å². The Kier molecular flexibility index (Phi) is 5.53. The summed E-state index contributed by atoms with van der Waals surface area (Å²) in [6.45, 7) is 1.91. The van der Waals surface area contributed by atoms with Crippen LogP contribution in [0.5, 0.6) is 11.5 Å². The molecule has 0 radical (unpaired) electrons. The molecule has 0 bridgehead atoms. The molecule has 0 unspecified atom stereocenters. The van der Waals surface area contributed by atoms with Gasteiger partial charge in [-0.25, -0.2) is 10.4 Å². The van der Waals surface area contributed by atoms with E-state index in [1.165, 1.54) is 6.21 Å².